The Morgan fingerprint density at radius 3 is 2.23 bits per heavy atom. The van der Waals surface area contributed by atoms with E-state index in [1.165, 1.54) is 5.56 Å². The fourth-order valence-corrected chi connectivity index (χ4v) is 2.99. The van der Waals surface area contributed by atoms with Crippen molar-refractivity contribution in [1.82, 2.24) is 4.90 Å². The van der Waals surface area contributed by atoms with Crippen molar-refractivity contribution in [3.05, 3.63) is 35.4 Å². The van der Waals surface area contributed by atoms with E-state index in [4.69, 9.17) is 5.11 Å². The summed E-state index contributed by atoms with van der Waals surface area (Å²) in [6, 6.07) is 7.75. The first kappa shape index (κ1) is 16.5. The largest absolute Gasteiger partial charge is 0.481 e. The van der Waals surface area contributed by atoms with Crippen LogP contribution in [-0.4, -0.2) is 35.0 Å². The summed E-state index contributed by atoms with van der Waals surface area (Å²) in [4.78, 5) is 25.5. The molecule has 0 radical (unpaired) electrons. The number of benzene rings is 1. The molecule has 0 bridgehead atoms. The van der Waals surface area contributed by atoms with Crippen molar-refractivity contribution >= 4 is 11.9 Å². The molecule has 2 unspecified atom stereocenters. The van der Waals surface area contributed by atoms with Crippen molar-refractivity contribution in [2.24, 2.45) is 11.8 Å². The molecule has 0 spiro atoms. The zero-order valence-corrected chi connectivity index (χ0v) is 13.8. The number of aliphatic carboxylic acids is 1. The van der Waals surface area contributed by atoms with Crippen molar-refractivity contribution in [3.63, 3.8) is 0 Å². The Bertz CT molecular complexity index is 557. The van der Waals surface area contributed by atoms with Gasteiger partial charge in [0.1, 0.15) is 0 Å². The van der Waals surface area contributed by atoms with Crippen molar-refractivity contribution in [1.29, 1.82) is 0 Å². The number of nitrogens with zero attached hydrogens (tertiary/aromatic N) is 1. The van der Waals surface area contributed by atoms with Gasteiger partial charge in [-0.25, -0.2) is 0 Å². The maximum Gasteiger partial charge on any atom is 0.306 e. The Hall–Kier alpha value is -1.84. The molecule has 1 N–H and O–H groups in total. The lowest BCUT2D eigenvalue weighted by atomic mass is 9.86. The van der Waals surface area contributed by atoms with Gasteiger partial charge in [0.25, 0.3) is 5.91 Å². The van der Waals surface area contributed by atoms with Gasteiger partial charge in [-0.2, -0.15) is 0 Å². The molecule has 1 aromatic rings. The summed E-state index contributed by atoms with van der Waals surface area (Å²) in [5.74, 6) is -1.11. The van der Waals surface area contributed by atoms with Crippen LogP contribution in [0.4, 0.5) is 0 Å². The Kier molecular flexibility index (Phi) is 4.59. The van der Waals surface area contributed by atoms with Gasteiger partial charge in [0.15, 0.2) is 0 Å². The van der Waals surface area contributed by atoms with E-state index in [0.717, 1.165) is 0 Å². The molecule has 4 heteroatoms. The van der Waals surface area contributed by atoms with Gasteiger partial charge in [-0.05, 0) is 35.4 Å². The molecule has 1 fully saturated rings. The van der Waals surface area contributed by atoms with Crippen LogP contribution in [-0.2, 0) is 10.2 Å². The first-order chi connectivity index (χ1) is 10.2. The highest BCUT2D eigenvalue weighted by atomic mass is 16.4. The van der Waals surface area contributed by atoms with Crippen LogP contribution in [0.1, 0.15) is 50.0 Å². The average Bonchev–Trinajstić information content (AvgIpc) is 2.45. The predicted octanol–water partition coefficient (Wildman–Crippen LogP) is 3.17. The molecular weight excluding hydrogens is 278 g/mol. The SMILES string of the molecule is CC1CN(C(=O)c2ccc(C(C)(C)C)cc2)CCC1C(=O)O. The molecule has 0 saturated carbocycles. The number of likely N-dealkylation sites (tertiary alicyclic amines) is 1. The summed E-state index contributed by atoms with van der Waals surface area (Å²) in [5.41, 5.74) is 1.94. The molecule has 0 aromatic heterocycles. The summed E-state index contributed by atoms with van der Waals surface area (Å²) in [5, 5.41) is 9.15. The standard InChI is InChI=1S/C18H25NO3/c1-12-11-19(10-9-15(12)17(21)22)16(20)13-5-7-14(8-6-13)18(2,3)4/h5-8,12,15H,9-11H2,1-4H3,(H,21,22). The van der Waals surface area contributed by atoms with Crippen LogP contribution in [0.15, 0.2) is 24.3 Å². The smallest absolute Gasteiger partial charge is 0.306 e. The highest BCUT2D eigenvalue weighted by Crippen LogP contribution is 2.26. The van der Waals surface area contributed by atoms with E-state index in [9.17, 15) is 9.59 Å². The van der Waals surface area contributed by atoms with Gasteiger partial charge in [-0.1, -0.05) is 39.8 Å². The summed E-state index contributed by atoms with van der Waals surface area (Å²) >= 11 is 0. The lowest BCUT2D eigenvalue weighted by molar-refractivity contribution is -0.145. The predicted molar refractivity (Wildman–Crippen MR) is 86.0 cm³/mol. The zero-order valence-electron chi connectivity index (χ0n) is 13.8. The van der Waals surface area contributed by atoms with Gasteiger partial charge in [0.05, 0.1) is 5.92 Å². The van der Waals surface area contributed by atoms with Gasteiger partial charge >= 0.3 is 5.97 Å². The topological polar surface area (TPSA) is 57.6 Å². The van der Waals surface area contributed by atoms with E-state index in [-0.39, 0.29) is 23.2 Å². The van der Waals surface area contributed by atoms with Crippen molar-refractivity contribution in [2.45, 2.75) is 39.5 Å². The van der Waals surface area contributed by atoms with Crippen LogP contribution >= 0.6 is 0 Å². The molecule has 0 aliphatic carbocycles. The number of carbonyl (C=O) groups is 2. The van der Waals surface area contributed by atoms with Gasteiger partial charge in [-0.3, -0.25) is 9.59 Å². The third kappa shape index (κ3) is 3.49. The monoisotopic (exact) mass is 303 g/mol. The van der Waals surface area contributed by atoms with Gasteiger partial charge in [0.2, 0.25) is 0 Å². The third-order valence-electron chi connectivity index (χ3n) is 4.51. The minimum Gasteiger partial charge on any atom is -0.481 e. The number of carbonyl (C=O) groups excluding carboxylic acids is 1. The van der Waals surface area contributed by atoms with E-state index >= 15 is 0 Å². The third-order valence-corrected chi connectivity index (χ3v) is 4.51. The lowest BCUT2D eigenvalue weighted by Crippen LogP contribution is -2.45. The molecule has 120 valence electrons. The van der Waals surface area contributed by atoms with Crippen LogP contribution in [0.5, 0.6) is 0 Å². The molecule has 2 atom stereocenters. The van der Waals surface area contributed by atoms with E-state index in [1.807, 2.05) is 31.2 Å². The van der Waals surface area contributed by atoms with Crippen molar-refractivity contribution < 1.29 is 14.7 Å². The highest BCUT2D eigenvalue weighted by molar-refractivity contribution is 5.94. The lowest BCUT2D eigenvalue weighted by Gasteiger charge is -2.35. The molecule has 1 heterocycles. The number of carboxylic acid groups (broad SMARTS) is 1. The fraction of sp³-hybridized carbons (Fsp3) is 0.556. The maximum atomic E-state index is 12.6. The highest BCUT2D eigenvalue weighted by Gasteiger charge is 2.33. The molecule has 1 aromatic carbocycles. The molecular formula is C18H25NO3. The summed E-state index contributed by atoms with van der Waals surface area (Å²) in [6.07, 6.45) is 0.530. The molecule has 2 rings (SSSR count). The summed E-state index contributed by atoms with van der Waals surface area (Å²) < 4.78 is 0. The number of carboxylic acids is 1. The first-order valence-corrected chi connectivity index (χ1v) is 7.83. The molecule has 1 amide bonds. The average molecular weight is 303 g/mol. The second kappa shape index (κ2) is 6.11. The van der Waals surface area contributed by atoms with Crippen molar-refractivity contribution in [2.75, 3.05) is 13.1 Å². The molecule has 1 saturated heterocycles. The summed E-state index contributed by atoms with van der Waals surface area (Å²) in [7, 11) is 0. The Balaban J connectivity index is 2.08. The minimum atomic E-state index is -0.755. The Labute approximate surface area is 132 Å². The zero-order chi connectivity index (χ0) is 16.5. The molecule has 22 heavy (non-hydrogen) atoms. The van der Waals surface area contributed by atoms with Crippen LogP contribution in [0, 0.1) is 11.8 Å². The summed E-state index contributed by atoms with van der Waals surface area (Å²) in [6.45, 7) is 9.35. The van der Waals surface area contributed by atoms with E-state index in [1.54, 1.807) is 4.90 Å². The molecule has 4 nitrogen and oxygen atoms in total. The second-order valence-corrected chi connectivity index (χ2v) is 7.29. The fourth-order valence-electron chi connectivity index (χ4n) is 2.99. The van der Waals surface area contributed by atoms with Crippen LogP contribution in [0.25, 0.3) is 0 Å². The van der Waals surface area contributed by atoms with E-state index in [2.05, 4.69) is 20.8 Å². The Morgan fingerprint density at radius 1 is 1.18 bits per heavy atom. The molecule has 1 aliphatic heterocycles. The van der Waals surface area contributed by atoms with Gasteiger partial charge in [0, 0.05) is 18.7 Å². The minimum absolute atomic E-state index is 0.00357. The first-order valence-electron chi connectivity index (χ1n) is 7.83. The van der Waals surface area contributed by atoms with Crippen LogP contribution in [0.3, 0.4) is 0 Å². The molecule has 1 aliphatic rings. The Morgan fingerprint density at radius 2 is 1.77 bits per heavy atom. The van der Waals surface area contributed by atoms with Gasteiger partial charge < -0.3 is 10.0 Å². The number of rotatable bonds is 2. The van der Waals surface area contributed by atoms with Crippen molar-refractivity contribution in [3.8, 4) is 0 Å². The van der Waals surface area contributed by atoms with E-state index in [0.29, 0.717) is 25.1 Å². The number of piperidine rings is 1. The van der Waals surface area contributed by atoms with Crippen LogP contribution in [0.2, 0.25) is 0 Å². The van der Waals surface area contributed by atoms with E-state index < -0.39 is 5.97 Å². The number of hydrogen-bond donors (Lipinski definition) is 1. The number of hydrogen-bond acceptors (Lipinski definition) is 2. The normalized spacial score (nSPS) is 22.5. The second-order valence-electron chi connectivity index (χ2n) is 7.29. The number of amides is 1. The van der Waals surface area contributed by atoms with Crippen LogP contribution < -0.4 is 0 Å². The van der Waals surface area contributed by atoms with Gasteiger partial charge in [-0.15, -0.1) is 0 Å². The quantitative estimate of drug-likeness (QED) is 0.913. The maximum absolute atomic E-state index is 12.6.